The minimum Gasteiger partial charge on any atom is -0.497 e. The highest BCUT2D eigenvalue weighted by molar-refractivity contribution is 6.14. The van der Waals surface area contributed by atoms with Crippen molar-refractivity contribution in [3.05, 3.63) is 88.9 Å². The number of allylic oxidation sites excluding steroid dienone is 1. The van der Waals surface area contributed by atoms with Crippen molar-refractivity contribution < 1.29 is 19.0 Å². The molecule has 1 aliphatic heterocycles. The maximum absolute atomic E-state index is 12.6. The molecule has 0 bridgehead atoms. The van der Waals surface area contributed by atoms with Crippen molar-refractivity contribution >= 4 is 11.9 Å². The number of rotatable bonds is 5. The lowest BCUT2D eigenvalue weighted by molar-refractivity contribution is 0.101. The van der Waals surface area contributed by atoms with Gasteiger partial charge in [-0.15, -0.1) is 0 Å². The van der Waals surface area contributed by atoms with Crippen molar-refractivity contribution in [3.63, 3.8) is 0 Å². The SMILES string of the molecule is COc1ccc(COc2ccc3c(c2C)O/C(=C\c2ccncc2)C3=O)cc1. The second kappa shape index (κ2) is 7.56. The van der Waals surface area contributed by atoms with Crippen molar-refractivity contribution in [2.24, 2.45) is 0 Å². The second-order valence-electron chi connectivity index (χ2n) is 6.42. The highest BCUT2D eigenvalue weighted by Crippen LogP contribution is 2.39. The fraction of sp³-hybridized carbons (Fsp3) is 0.130. The lowest BCUT2D eigenvalue weighted by Gasteiger charge is -2.12. The van der Waals surface area contributed by atoms with E-state index in [4.69, 9.17) is 14.2 Å². The summed E-state index contributed by atoms with van der Waals surface area (Å²) >= 11 is 0. The van der Waals surface area contributed by atoms with Crippen molar-refractivity contribution in [1.29, 1.82) is 0 Å². The van der Waals surface area contributed by atoms with Gasteiger partial charge in [0.25, 0.3) is 0 Å². The highest BCUT2D eigenvalue weighted by Gasteiger charge is 2.30. The number of hydrogen-bond donors (Lipinski definition) is 0. The average molecular weight is 373 g/mol. The van der Waals surface area contributed by atoms with Gasteiger partial charge in [-0.3, -0.25) is 9.78 Å². The van der Waals surface area contributed by atoms with Crippen LogP contribution in [-0.4, -0.2) is 17.9 Å². The Morgan fingerprint density at radius 2 is 1.79 bits per heavy atom. The van der Waals surface area contributed by atoms with Crippen molar-refractivity contribution in [2.45, 2.75) is 13.5 Å². The maximum Gasteiger partial charge on any atom is 0.231 e. The minimum atomic E-state index is -0.128. The van der Waals surface area contributed by atoms with Gasteiger partial charge in [0.05, 0.1) is 12.7 Å². The number of benzene rings is 2. The van der Waals surface area contributed by atoms with Crippen LogP contribution in [0.15, 0.2) is 66.7 Å². The standard InChI is InChI=1S/C23H19NO4/c1-15-20(27-14-17-3-5-18(26-2)6-4-17)8-7-19-22(25)21(28-23(15)19)13-16-9-11-24-12-10-16/h3-13H,14H2,1-2H3/b21-13-. The predicted molar refractivity (Wildman–Crippen MR) is 106 cm³/mol. The van der Waals surface area contributed by atoms with Gasteiger partial charge in [0.15, 0.2) is 5.76 Å². The Kier molecular flexibility index (Phi) is 4.81. The van der Waals surface area contributed by atoms with E-state index in [0.29, 0.717) is 29.4 Å². The van der Waals surface area contributed by atoms with E-state index in [2.05, 4.69) is 4.98 Å². The third-order valence-corrected chi connectivity index (χ3v) is 4.59. The van der Waals surface area contributed by atoms with Gasteiger partial charge >= 0.3 is 0 Å². The summed E-state index contributed by atoms with van der Waals surface area (Å²) in [7, 11) is 1.64. The molecule has 140 valence electrons. The van der Waals surface area contributed by atoms with Gasteiger partial charge in [-0.25, -0.2) is 0 Å². The molecule has 0 aliphatic carbocycles. The summed E-state index contributed by atoms with van der Waals surface area (Å²) in [6.45, 7) is 2.31. The number of carbonyl (C=O) groups excluding carboxylic acids is 1. The van der Waals surface area contributed by atoms with Crippen molar-refractivity contribution in [2.75, 3.05) is 7.11 Å². The quantitative estimate of drug-likeness (QED) is 0.612. The van der Waals surface area contributed by atoms with Crippen LogP contribution in [0, 0.1) is 6.92 Å². The maximum atomic E-state index is 12.6. The van der Waals surface area contributed by atoms with E-state index in [1.165, 1.54) is 0 Å². The summed E-state index contributed by atoms with van der Waals surface area (Å²) in [5.41, 5.74) is 3.24. The Hall–Kier alpha value is -3.60. The Bertz CT molecular complexity index is 1040. The summed E-state index contributed by atoms with van der Waals surface area (Å²) in [6.07, 6.45) is 5.08. The number of pyridine rings is 1. The number of Topliss-reactive ketones (excluding diaryl/α,β-unsaturated/α-hetero) is 1. The Labute approximate surface area is 163 Å². The molecule has 0 saturated carbocycles. The van der Waals surface area contributed by atoms with Crippen LogP contribution < -0.4 is 14.2 Å². The monoisotopic (exact) mass is 373 g/mol. The molecule has 4 rings (SSSR count). The van der Waals surface area contributed by atoms with E-state index in [9.17, 15) is 4.79 Å². The molecule has 5 nitrogen and oxygen atoms in total. The third-order valence-electron chi connectivity index (χ3n) is 4.59. The summed E-state index contributed by atoms with van der Waals surface area (Å²) in [4.78, 5) is 16.6. The molecule has 0 unspecified atom stereocenters. The van der Waals surface area contributed by atoms with E-state index in [-0.39, 0.29) is 5.78 Å². The molecule has 0 fully saturated rings. The molecule has 3 aromatic rings. The molecular weight excluding hydrogens is 354 g/mol. The minimum absolute atomic E-state index is 0.128. The molecule has 2 aromatic carbocycles. The van der Waals surface area contributed by atoms with Crippen LogP contribution in [0.25, 0.3) is 6.08 Å². The van der Waals surface area contributed by atoms with Crippen LogP contribution in [0.5, 0.6) is 17.2 Å². The van der Waals surface area contributed by atoms with Crippen LogP contribution >= 0.6 is 0 Å². The molecule has 1 aliphatic rings. The summed E-state index contributed by atoms with van der Waals surface area (Å²) in [6, 6.07) is 14.9. The Balaban J connectivity index is 1.54. The number of ketones is 1. The first kappa shape index (κ1) is 17.8. The summed E-state index contributed by atoms with van der Waals surface area (Å²) < 4.78 is 17.0. The molecule has 28 heavy (non-hydrogen) atoms. The van der Waals surface area contributed by atoms with E-state index < -0.39 is 0 Å². The van der Waals surface area contributed by atoms with E-state index in [1.807, 2.05) is 49.4 Å². The molecular formula is C23H19NO4. The van der Waals surface area contributed by atoms with Crippen LogP contribution in [0.1, 0.15) is 27.0 Å². The molecule has 0 spiro atoms. The molecule has 0 saturated heterocycles. The molecule has 0 radical (unpaired) electrons. The van der Waals surface area contributed by atoms with Crippen LogP contribution in [-0.2, 0) is 6.61 Å². The fourth-order valence-electron chi connectivity index (χ4n) is 3.02. The van der Waals surface area contributed by atoms with Gasteiger partial charge < -0.3 is 14.2 Å². The van der Waals surface area contributed by atoms with Crippen molar-refractivity contribution in [1.82, 2.24) is 4.98 Å². The fourth-order valence-corrected chi connectivity index (χ4v) is 3.02. The number of carbonyl (C=O) groups is 1. The topological polar surface area (TPSA) is 57.6 Å². The smallest absolute Gasteiger partial charge is 0.231 e. The first-order valence-corrected chi connectivity index (χ1v) is 8.89. The molecule has 5 heteroatoms. The van der Waals surface area contributed by atoms with Crippen LogP contribution in [0.3, 0.4) is 0 Å². The van der Waals surface area contributed by atoms with Crippen LogP contribution in [0.2, 0.25) is 0 Å². The third kappa shape index (κ3) is 3.47. The van der Waals surface area contributed by atoms with Crippen LogP contribution in [0.4, 0.5) is 0 Å². The van der Waals surface area contributed by atoms with E-state index in [0.717, 1.165) is 22.4 Å². The van der Waals surface area contributed by atoms with E-state index in [1.54, 1.807) is 31.6 Å². The largest absolute Gasteiger partial charge is 0.497 e. The Morgan fingerprint density at radius 3 is 2.50 bits per heavy atom. The number of ether oxygens (including phenoxy) is 3. The molecule has 0 atom stereocenters. The number of hydrogen-bond acceptors (Lipinski definition) is 5. The molecule has 1 aromatic heterocycles. The number of fused-ring (bicyclic) bond motifs is 1. The first-order valence-electron chi connectivity index (χ1n) is 8.89. The van der Waals surface area contributed by atoms with Gasteiger partial charge in [-0.2, -0.15) is 0 Å². The van der Waals surface area contributed by atoms with Gasteiger partial charge in [0, 0.05) is 18.0 Å². The normalized spacial score (nSPS) is 13.9. The van der Waals surface area contributed by atoms with Crippen molar-refractivity contribution in [3.8, 4) is 17.2 Å². The van der Waals surface area contributed by atoms with Gasteiger partial charge in [0.1, 0.15) is 23.9 Å². The van der Waals surface area contributed by atoms with E-state index >= 15 is 0 Å². The first-order chi connectivity index (χ1) is 13.7. The van der Waals surface area contributed by atoms with Gasteiger partial charge in [-0.1, -0.05) is 12.1 Å². The molecule has 0 N–H and O–H groups in total. The average Bonchev–Trinajstić information content (AvgIpc) is 3.05. The number of methoxy groups -OCH3 is 1. The predicted octanol–water partition coefficient (Wildman–Crippen LogP) is 4.59. The lowest BCUT2D eigenvalue weighted by Crippen LogP contribution is -1.98. The summed E-state index contributed by atoms with van der Waals surface area (Å²) in [5.74, 6) is 2.22. The summed E-state index contributed by atoms with van der Waals surface area (Å²) in [5, 5.41) is 0. The molecule has 2 heterocycles. The Morgan fingerprint density at radius 1 is 1.04 bits per heavy atom. The molecule has 0 amide bonds. The number of aromatic nitrogens is 1. The zero-order valence-corrected chi connectivity index (χ0v) is 15.6. The van der Waals surface area contributed by atoms with Gasteiger partial charge in [0.2, 0.25) is 5.78 Å². The lowest BCUT2D eigenvalue weighted by atomic mass is 10.1. The van der Waals surface area contributed by atoms with Gasteiger partial charge in [-0.05, 0) is 60.5 Å². The second-order valence-corrected chi connectivity index (χ2v) is 6.42. The number of nitrogens with zero attached hydrogens (tertiary/aromatic N) is 1. The highest BCUT2D eigenvalue weighted by atomic mass is 16.5. The zero-order chi connectivity index (χ0) is 19.5. The zero-order valence-electron chi connectivity index (χ0n) is 15.6.